The molecule has 1 atom stereocenters. The molecule has 114 valence electrons. The highest BCUT2D eigenvalue weighted by Crippen LogP contribution is 2.16. The summed E-state index contributed by atoms with van der Waals surface area (Å²) in [7, 11) is -3.36. The molecule has 0 bridgehead atoms. The Kier molecular flexibility index (Phi) is 7.02. The SMILES string of the molecule is CCCCC(C)Nc1ccc(S(=O)(=O)NCCC)cc1. The van der Waals surface area contributed by atoms with Crippen molar-refractivity contribution in [1.29, 1.82) is 0 Å². The van der Waals surface area contributed by atoms with Crippen LogP contribution in [-0.2, 0) is 10.0 Å². The van der Waals surface area contributed by atoms with Crippen LogP contribution in [0.4, 0.5) is 5.69 Å². The van der Waals surface area contributed by atoms with Crippen LogP contribution in [-0.4, -0.2) is 21.0 Å². The molecule has 20 heavy (non-hydrogen) atoms. The lowest BCUT2D eigenvalue weighted by molar-refractivity contribution is 0.581. The van der Waals surface area contributed by atoms with Gasteiger partial charge in [0.25, 0.3) is 0 Å². The van der Waals surface area contributed by atoms with Gasteiger partial charge >= 0.3 is 0 Å². The molecule has 4 nitrogen and oxygen atoms in total. The normalized spacial score (nSPS) is 13.2. The Morgan fingerprint density at radius 1 is 1.10 bits per heavy atom. The Morgan fingerprint density at radius 2 is 1.75 bits per heavy atom. The standard InChI is InChI=1S/C15H26N2O2S/c1-4-6-7-13(3)17-14-8-10-15(11-9-14)20(18,19)16-12-5-2/h8-11,13,16-17H,4-7,12H2,1-3H3. The van der Waals surface area contributed by atoms with Gasteiger partial charge in [0, 0.05) is 18.3 Å². The Balaban J connectivity index is 2.64. The molecule has 1 rings (SSSR count). The summed E-state index contributed by atoms with van der Waals surface area (Å²) in [5, 5.41) is 3.38. The predicted octanol–water partition coefficient (Wildman–Crippen LogP) is 3.37. The van der Waals surface area contributed by atoms with E-state index in [9.17, 15) is 8.42 Å². The molecule has 0 aliphatic rings. The highest BCUT2D eigenvalue weighted by atomic mass is 32.2. The summed E-state index contributed by atoms with van der Waals surface area (Å²) in [5.74, 6) is 0. The smallest absolute Gasteiger partial charge is 0.240 e. The average molecular weight is 298 g/mol. The molecule has 0 amide bonds. The van der Waals surface area contributed by atoms with E-state index in [4.69, 9.17) is 0 Å². The van der Waals surface area contributed by atoms with Crippen LogP contribution in [0.15, 0.2) is 29.2 Å². The molecular weight excluding hydrogens is 272 g/mol. The van der Waals surface area contributed by atoms with Gasteiger partial charge in [0.2, 0.25) is 10.0 Å². The van der Waals surface area contributed by atoms with Gasteiger partial charge in [0.1, 0.15) is 0 Å². The maximum Gasteiger partial charge on any atom is 0.240 e. The lowest BCUT2D eigenvalue weighted by Gasteiger charge is -2.15. The van der Waals surface area contributed by atoms with E-state index in [-0.39, 0.29) is 0 Å². The van der Waals surface area contributed by atoms with Crippen LogP contribution in [0.5, 0.6) is 0 Å². The molecule has 5 heteroatoms. The van der Waals surface area contributed by atoms with Gasteiger partial charge in [0.05, 0.1) is 4.90 Å². The van der Waals surface area contributed by atoms with Gasteiger partial charge in [-0.15, -0.1) is 0 Å². The average Bonchev–Trinajstić information content (AvgIpc) is 2.43. The number of rotatable bonds is 9. The minimum absolute atomic E-state index is 0.317. The van der Waals surface area contributed by atoms with E-state index < -0.39 is 10.0 Å². The maximum absolute atomic E-state index is 11.9. The lowest BCUT2D eigenvalue weighted by Crippen LogP contribution is -2.24. The van der Waals surface area contributed by atoms with Gasteiger partial charge < -0.3 is 5.32 Å². The Hall–Kier alpha value is -1.07. The molecule has 1 aromatic carbocycles. The predicted molar refractivity (Wildman–Crippen MR) is 84.5 cm³/mol. The minimum Gasteiger partial charge on any atom is -0.383 e. The Labute approximate surface area is 123 Å². The van der Waals surface area contributed by atoms with Gasteiger partial charge in [-0.25, -0.2) is 13.1 Å². The van der Waals surface area contributed by atoms with Crippen molar-refractivity contribution in [2.24, 2.45) is 0 Å². The first-order valence-corrected chi connectivity index (χ1v) is 8.84. The van der Waals surface area contributed by atoms with E-state index in [1.165, 1.54) is 12.8 Å². The van der Waals surface area contributed by atoms with Crippen LogP contribution < -0.4 is 10.0 Å². The molecule has 0 saturated carbocycles. The van der Waals surface area contributed by atoms with Crippen molar-refractivity contribution in [3.8, 4) is 0 Å². The molecule has 0 saturated heterocycles. The first-order valence-electron chi connectivity index (χ1n) is 7.35. The Morgan fingerprint density at radius 3 is 2.30 bits per heavy atom. The molecule has 0 aliphatic carbocycles. The zero-order valence-electron chi connectivity index (χ0n) is 12.6. The van der Waals surface area contributed by atoms with Crippen molar-refractivity contribution in [1.82, 2.24) is 4.72 Å². The molecule has 0 spiro atoms. The zero-order chi connectivity index (χ0) is 15.0. The van der Waals surface area contributed by atoms with E-state index in [0.29, 0.717) is 17.5 Å². The van der Waals surface area contributed by atoms with E-state index in [2.05, 4.69) is 23.9 Å². The summed E-state index contributed by atoms with van der Waals surface area (Å²) in [6, 6.07) is 7.33. The van der Waals surface area contributed by atoms with Gasteiger partial charge in [0.15, 0.2) is 0 Å². The van der Waals surface area contributed by atoms with Gasteiger partial charge in [-0.3, -0.25) is 0 Å². The van der Waals surface area contributed by atoms with Crippen LogP contribution in [0, 0.1) is 0 Å². The zero-order valence-corrected chi connectivity index (χ0v) is 13.5. The largest absolute Gasteiger partial charge is 0.383 e. The van der Waals surface area contributed by atoms with Gasteiger partial charge in [-0.2, -0.15) is 0 Å². The molecule has 1 aromatic rings. The summed E-state index contributed by atoms with van der Waals surface area (Å²) in [5.41, 5.74) is 0.961. The minimum atomic E-state index is -3.36. The quantitative estimate of drug-likeness (QED) is 0.735. The third-order valence-corrected chi connectivity index (χ3v) is 4.59. The van der Waals surface area contributed by atoms with Crippen LogP contribution in [0.1, 0.15) is 46.5 Å². The monoisotopic (exact) mass is 298 g/mol. The highest BCUT2D eigenvalue weighted by Gasteiger charge is 2.12. The molecule has 2 N–H and O–H groups in total. The summed E-state index contributed by atoms with van der Waals surface area (Å²) >= 11 is 0. The van der Waals surface area contributed by atoms with Crippen molar-refractivity contribution >= 4 is 15.7 Å². The molecule has 0 aliphatic heterocycles. The Bertz CT molecular complexity index is 483. The second-order valence-electron chi connectivity index (χ2n) is 5.11. The second-order valence-corrected chi connectivity index (χ2v) is 6.88. The molecule has 0 heterocycles. The first-order chi connectivity index (χ1) is 9.49. The topological polar surface area (TPSA) is 58.2 Å². The van der Waals surface area contributed by atoms with Gasteiger partial charge in [-0.1, -0.05) is 26.7 Å². The van der Waals surface area contributed by atoms with E-state index in [0.717, 1.165) is 18.5 Å². The lowest BCUT2D eigenvalue weighted by atomic mass is 10.1. The number of hydrogen-bond acceptors (Lipinski definition) is 3. The number of nitrogens with one attached hydrogen (secondary N) is 2. The van der Waals surface area contributed by atoms with E-state index in [1.54, 1.807) is 12.1 Å². The summed E-state index contributed by atoms with van der Waals surface area (Å²) in [6.45, 7) is 6.72. The van der Waals surface area contributed by atoms with E-state index >= 15 is 0 Å². The number of benzene rings is 1. The van der Waals surface area contributed by atoms with Crippen molar-refractivity contribution in [3.63, 3.8) is 0 Å². The third-order valence-electron chi connectivity index (χ3n) is 3.11. The summed E-state index contributed by atoms with van der Waals surface area (Å²) < 4.78 is 26.4. The molecule has 1 unspecified atom stereocenters. The number of hydrogen-bond donors (Lipinski definition) is 2. The number of sulfonamides is 1. The first kappa shape index (κ1) is 17.0. The van der Waals surface area contributed by atoms with Crippen LogP contribution in [0.25, 0.3) is 0 Å². The molecular formula is C15H26N2O2S. The number of unbranched alkanes of at least 4 members (excludes halogenated alkanes) is 1. The van der Waals surface area contributed by atoms with Crippen molar-refractivity contribution < 1.29 is 8.42 Å². The molecule has 0 radical (unpaired) electrons. The van der Waals surface area contributed by atoms with Gasteiger partial charge in [-0.05, 0) is 44.0 Å². The summed E-state index contributed by atoms with van der Waals surface area (Å²) in [6.07, 6.45) is 4.29. The van der Waals surface area contributed by atoms with Crippen LogP contribution >= 0.6 is 0 Å². The third kappa shape index (κ3) is 5.51. The highest BCUT2D eigenvalue weighted by molar-refractivity contribution is 7.89. The van der Waals surface area contributed by atoms with E-state index in [1.807, 2.05) is 19.1 Å². The molecule has 0 aromatic heterocycles. The fourth-order valence-electron chi connectivity index (χ4n) is 1.92. The molecule has 0 fully saturated rings. The fourth-order valence-corrected chi connectivity index (χ4v) is 3.05. The van der Waals surface area contributed by atoms with Crippen molar-refractivity contribution in [3.05, 3.63) is 24.3 Å². The number of anilines is 1. The van der Waals surface area contributed by atoms with Crippen molar-refractivity contribution in [2.75, 3.05) is 11.9 Å². The van der Waals surface area contributed by atoms with Crippen LogP contribution in [0.3, 0.4) is 0 Å². The second kappa shape index (κ2) is 8.27. The van der Waals surface area contributed by atoms with Crippen molar-refractivity contribution in [2.45, 2.75) is 57.4 Å². The maximum atomic E-state index is 11.9. The fraction of sp³-hybridized carbons (Fsp3) is 0.600. The van der Waals surface area contributed by atoms with Crippen LogP contribution in [0.2, 0.25) is 0 Å². The summed E-state index contributed by atoms with van der Waals surface area (Å²) in [4.78, 5) is 0.317.